The van der Waals surface area contributed by atoms with Crippen LogP contribution >= 0.6 is 0 Å². The topological polar surface area (TPSA) is 62.2 Å². The standard InChI is InChI=1S/C21H22N2O2/c1-12-10-18(16-8-13(2)21(25)14(3)9-16)23-20-15(11-19(24)22-4)6-5-7-17(12)20/h5-10,25H,11H2,1-4H3,(H,22,24). The van der Waals surface area contributed by atoms with Gasteiger partial charge in [-0.3, -0.25) is 4.79 Å². The average Bonchev–Trinajstić information content (AvgIpc) is 2.59. The van der Waals surface area contributed by atoms with Gasteiger partial charge in [0.15, 0.2) is 0 Å². The summed E-state index contributed by atoms with van der Waals surface area (Å²) >= 11 is 0. The minimum absolute atomic E-state index is 0.0336. The average molecular weight is 334 g/mol. The number of fused-ring (bicyclic) bond motifs is 1. The van der Waals surface area contributed by atoms with Crippen molar-refractivity contribution in [3.05, 3.63) is 58.7 Å². The largest absolute Gasteiger partial charge is 0.507 e. The molecule has 1 heterocycles. The van der Waals surface area contributed by atoms with E-state index in [2.05, 4.69) is 18.3 Å². The van der Waals surface area contributed by atoms with Crippen LogP contribution in [0.15, 0.2) is 36.4 Å². The third-order valence-corrected chi connectivity index (χ3v) is 4.55. The number of hydrogen-bond donors (Lipinski definition) is 2. The Morgan fingerprint density at radius 3 is 2.40 bits per heavy atom. The summed E-state index contributed by atoms with van der Waals surface area (Å²) in [7, 11) is 1.64. The predicted octanol–water partition coefficient (Wildman–Crippen LogP) is 3.82. The molecule has 0 aliphatic heterocycles. The Bertz CT molecular complexity index is 954. The van der Waals surface area contributed by atoms with E-state index in [0.717, 1.165) is 44.4 Å². The molecule has 2 N–H and O–H groups in total. The predicted molar refractivity (Wildman–Crippen MR) is 101 cm³/mol. The fraction of sp³-hybridized carbons (Fsp3) is 0.238. The molecule has 0 saturated carbocycles. The number of aromatic hydroxyl groups is 1. The Kier molecular flexibility index (Phi) is 4.45. The van der Waals surface area contributed by atoms with Gasteiger partial charge in [-0.05, 0) is 61.2 Å². The quantitative estimate of drug-likeness (QED) is 0.765. The van der Waals surface area contributed by atoms with Crippen molar-refractivity contribution in [1.82, 2.24) is 10.3 Å². The highest BCUT2D eigenvalue weighted by Crippen LogP contribution is 2.31. The number of hydrogen-bond acceptors (Lipinski definition) is 3. The second-order valence-electron chi connectivity index (χ2n) is 6.45. The van der Waals surface area contributed by atoms with Crippen LogP contribution in [0.3, 0.4) is 0 Å². The fourth-order valence-electron chi connectivity index (χ4n) is 3.13. The molecule has 4 heteroatoms. The van der Waals surface area contributed by atoms with Crippen molar-refractivity contribution in [2.45, 2.75) is 27.2 Å². The third-order valence-electron chi connectivity index (χ3n) is 4.55. The first-order chi connectivity index (χ1) is 11.9. The van der Waals surface area contributed by atoms with Gasteiger partial charge in [0.05, 0.1) is 17.6 Å². The van der Waals surface area contributed by atoms with E-state index in [9.17, 15) is 9.90 Å². The number of nitrogens with zero attached hydrogens (tertiary/aromatic N) is 1. The van der Waals surface area contributed by atoms with Gasteiger partial charge < -0.3 is 10.4 Å². The first-order valence-corrected chi connectivity index (χ1v) is 8.31. The van der Waals surface area contributed by atoms with E-state index in [1.54, 1.807) is 7.05 Å². The maximum absolute atomic E-state index is 11.8. The number of phenols is 1. The number of pyridine rings is 1. The highest BCUT2D eigenvalue weighted by Gasteiger charge is 2.12. The Morgan fingerprint density at radius 2 is 1.76 bits per heavy atom. The normalized spacial score (nSPS) is 10.9. The molecule has 4 nitrogen and oxygen atoms in total. The smallest absolute Gasteiger partial charge is 0.224 e. The van der Waals surface area contributed by atoms with Crippen LogP contribution in [0, 0.1) is 20.8 Å². The summed E-state index contributed by atoms with van der Waals surface area (Å²) in [6, 6.07) is 11.9. The van der Waals surface area contributed by atoms with E-state index < -0.39 is 0 Å². The lowest BCUT2D eigenvalue weighted by molar-refractivity contribution is -0.119. The third kappa shape index (κ3) is 3.20. The van der Waals surface area contributed by atoms with E-state index in [-0.39, 0.29) is 5.91 Å². The molecule has 0 saturated heterocycles. The van der Waals surface area contributed by atoms with Crippen molar-refractivity contribution < 1.29 is 9.90 Å². The molecule has 0 aliphatic rings. The van der Waals surface area contributed by atoms with Crippen molar-refractivity contribution >= 4 is 16.8 Å². The number of aromatic nitrogens is 1. The summed E-state index contributed by atoms with van der Waals surface area (Å²) in [5, 5.41) is 13.7. The number of likely N-dealkylation sites (N-methyl/N-ethyl adjacent to an activating group) is 1. The van der Waals surface area contributed by atoms with E-state index in [4.69, 9.17) is 4.98 Å². The molecule has 0 unspecified atom stereocenters. The summed E-state index contributed by atoms with van der Waals surface area (Å²) in [5.41, 5.74) is 6.34. The van der Waals surface area contributed by atoms with Gasteiger partial charge in [-0.1, -0.05) is 18.2 Å². The van der Waals surface area contributed by atoms with E-state index in [1.165, 1.54) is 0 Å². The highest BCUT2D eigenvalue weighted by atomic mass is 16.3. The van der Waals surface area contributed by atoms with Gasteiger partial charge in [0.1, 0.15) is 5.75 Å². The Hall–Kier alpha value is -2.88. The number of para-hydroxylation sites is 1. The van der Waals surface area contributed by atoms with Crippen molar-refractivity contribution in [3.8, 4) is 17.0 Å². The monoisotopic (exact) mass is 334 g/mol. The van der Waals surface area contributed by atoms with E-state index in [1.807, 2.05) is 44.2 Å². The molecule has 2 aromatic carbocycles. The van der Waals surface area contributed by atoms with E-state index >= 15 is 0 Å². The molecular formula is C21H22N2O2. The van der Waals surface area contributed by atoms with Crippen LogP contribution in [-0.4, -0.2) is 23.0 Å². The molecule has 0 bridgehead atoms. The lowest BCUT2D eigenvalue weighted by Gasteiger charge is -2.12. The molecule has 0 fully saturated rings. The van der Waals surface area contributed by atoms with Crippen LogP contribution in [-0.2, 0) is 11.2 Å². The van der Waals surface area contributed by atoms with E-state index in [0.29, 0.717) is 12.2 Å². The van der Waals surface area contributed by atoms with Crippen LogP contribution < -0.4 is 5.32 Å². The van der Waals surface area contributed by atoms with Crippen molar-refractivity contribution in [2.24, 2.45) is 0 Å². The van der Waals surface area contributed by atoms with Gasteiger partial charge >= 0.3 is 0 Å². The number of rotatable bonds is 3. The van der Waals surface area contributed by atoms with Crippen LogP contribution in [0.5, 0.6) is 5.75 Å². The molecule has 0 aliphatic carbocycles. The zero-order chi connectivity index (χ0) is 18.1. The Morgan fingerprint density at radius 1 is 1.08 bits per heavy atom. The molecule has 0 spiro atoms. The Labute approximate surface area is 147 Å². The molecule has 0 radical (unpaired) electrons. The summed E-state index contributed by atoms with van der Waals surface area (Å²) in [5.74, 6) is 0.287. The number of phenolic OH excluding ortho intramolecular Hbond substituents is 1. The van der Waals surface area contributed by atoms with Gasteiger partial charge in [-0.2, -0.15) is 0 Å². The summed E-state index contributed by atoms with van der Waals surface area (Å²) in [6.45, 7) is 5.82. The lowest BCUT2D eigenvalue weighted by atomic mass is 9.99. The maximum Gasteiger partial charge on any atom is 0.224 e. The summed E-state index contributed by atoms with van der Waals surface area (Å²) in [4.78, 5) is 16.7. The molecule has 128 valence electrons. The lowest BCUT2D eigenvalue weighted by Crippen LogP contribution is -2.20. The minimum Gasteiger partial charge on any atom is -0.507 e. The first kappa shape index (κ1) is 17.0. The molecule has 3 aromatic rings. The van der Waals surface area contributed by atoms with Gasteiger partial charge in [0, 0.05) is 18.0 Å². The van der Waals surface area contributed by atoms with Crippen LogP contribution in [0.1, 0.15) is 22.3 Å². The highest BCUT2D eigenvalue weighted by molar-refractivity contribution is 5.91. The molecule has 25 heavy (non-hydrogen) atoms. The summed E-state index contributed by atoms with van der Waals surface area (Å²) < 4.78 is 0. The SMILES string of the molecule is CNC(=O)Cc1cccc2c(C)cc(-c3cc(C)c(O)c(C)c3)nc12. The first-order valence-electron chi connectivity index (χ1n) is 8.31. The van der Waals surface area contributed by atoms with Gasteiger partial charge in [-0.15, -0.1) is 0 Å². The number of aryl methyl sites for hydroxylation is 3. The number of carbonyl (C=O) groups excluding carboxylic acids is 1. The second kappa shape index (κ2) is 6.55. The zero-order valence-corrected chi connectivity index (χ0v) is 15.0. The molecule has 1 amide bonds. The summed E-state index contributed by atoms with van der Waals surface area (Å²) in [6.07, 6.45) is 0.303. The number of benzene rings is 2. The molecular weight excluding hydrogens is 312 g/mol. The van der Waals surface area contributed by atoms with Crippen LogP contribution in [0.4, 0.5) is 0 Å². The minimum atomic E-state index is -0.0336. The number of amides is 1. The van der Waals surface area contributed by atoms with Gasteiger partial charge in [0.2, 0.25) is 5.91 Å². The maximum atomic E-state index is 11.8. The molecule has 0 atom stereocenters. The van der Waals surface area contributed by atoms with Crippen molar-refractivity contribution in [2.75, 3.05) is 7.05 Å². The Balaban J connectivity index is 2.21. The van der Waals surface area contributed by atoms with Crippen LogP contribution in [0.2, 0.25) is 0 Å². The van der Waals surface area contributed by atoms with Crippen molar-refractivity contribution in [1.29, 1.82) is 0 Å². The van der Waals surface area contributed by atoms with Crippen LogP contribution in [0.25, 0.3) is 22.2 Å². The molecule has 3 rings (SSSR count). The van der Waals surface area contributed by atoms with Gasteiger partial charge in [-0.25, -0.2) is 4.98 Å². The van der Waals surface area contributed by atoms with Crippen molar-refractivity contribution in [3.63, 3.8) is 0 Å². The number of nitrogens with one attached hydrogen (secondary N) is 1. The fourth-order valence-corrected chi connectivity index (χ4v) is 3.13. The number of carbonyl (C=O) groups is 1. The zero-order valence-electron chi connectivity index (χ0n) is 15.0. The molecule has 1 aromatic heterocycles. The van der Waals surface area contributed by atoms with Gasteiger partial charge in [0.25, 0.3) is 0 Å². The second-order valence-corrected chi connectivity index (χ2v) is 6.45.